The molecule has 0 N–H and O–H groups in total. The number of aryl methyl sites for hydroxylation is 2. The Kier molecular flexibility index (Phi) is 7.83. The predicted octanol–water partition coefficient (Wildman–Crippen LogP) is 5.09. The number of rotatable bonds is 7. The van der Waals surface area contributed by atoms with E-state index in [-0.39, 0.29) is 5.92 Å². The lowest BCUT2D eigenvalue weighted by molar-refractivity contribution is -0.137. The number of carbonyl (C=O) groups is 1. The van der Waals surface area contributed by atoms with E-state index in [9.17, 15) is 10.1 Å². The first-order chi connectivity index (χ1) is 16.1. The molecule has 4 rings (SSSR count). The summed E-state index contributed by atoms with van der Waals surface area (Å²) < 4.78 is 0. The summed E-state index contributed by atoms with van der Waals surface area (Å²) in [5, 5.41) is 9.18. The van der Waals surface area contributed by atoms with Crippen molar-refractivity contribution in [3.8, 4) is 6.07 Å². The first kappa shape index (κ1) is 23.5. The van der Waals surface area contributed by atoms with E-state index in [4.69, 9.17) is 0 Å². The Morgan fingerprint density at radius 2 is 1.88 bits per heavy atom. The molecule has 2 aromatic rings. The molecule has 0 saturated carbocycles. The average molecular weight is 444 g/mol. The van der Waals surface area contributed by atoms with Gasteiger partial charge in [0.2, 0.25) is 5.91 Å². The van der Waals surface area contributed by atoms with Gasteiger partial charge in [-0.3, -0.25) is 9.69 Å². The Labute approximate surface area is 199 Å². The maximum Gasteiger partial charge on any atom is 0.226 e. The maximum atomic E-state index is 13.1. The van der Waals surface area contributed by atoms with Crippen LogP contribution in [0.5, 0.6) is 0 Å². The van der Waals surface area contributed by atoms with Gasteiger partial charge in [0.05, 0.1) is 11.6 Å². The van der Waals surface area contributed by atoms with E-state index in [2.05, 4.69) is 59.2 Å². The molecule has 1 saturated heterocycles. The number of nitrogens with zero attached hydrogens (tertiary/aromatic N) is 3. The number of hydrogen-bond acceptors (Lipinski definition) is 3. The summed E-state index contributed by atoms with van der Waals surface area (Å²) in [6.07, 6.45) is 6.39. The van der Waals surface area contributed by atoms with Crippen LogP contribution in [0.4, 0.5) is 0 Å². The second-order valence-corrected chi connectivity index (χ2v) is 9.81. The van der Waals surface area contributed by atoms with Crippen molar-refractivity contribution >= 4 is 5.91 Å². The summed E-state index contributed by atoms with van der Waals surface area (Å²) in [5.41, 5.74) is 6.00. The number of carbonyl (C=O) groups excluding carboxylic acids is 1. The van der Waals surface area contributed by atoms with Crippen LogP contribution in [-0.4, -0.2) is 48.4 Å². The molecule has 1 fully saturated rings. The number of piperazine rings is 1. The third-order valence-corrected chi connectivity index (χ3v) is 7.74. The molecular formula is C29H37N3O. The van der Waals surface area contributed by atoms with Crippen molar-refractivity contribution in [1.29, 1.82) is 5.26 Å². The largest absolute Gasteiger partial charge is 0.340 e. The molecule has 1 amide bonds. The van der Waals surface area contributed by atoms with Crippen molar-refractivity contribution in [2.24, 2.45) is 5.92 Å². The van der Waals surface area contributed by atoms with E-state index >= 15 is 0 Å². The Morgan fingerprint density at radius 1 is 1.12 bits per heavy atom. The molecule has 4 heteroatoms. The highest BCUT2D eigenvalue weighted by Gasteiger charge is 2.30. The average Bonchev–Trinajstić information content (AvgIpc) is 2.86. The lowest BCUT2D eigenvalue weighted by Crippen LogP contribution is -2.51. The fraction of sp³-hybridized carbons (Fsp3) is 0.517. The Balaban J connectivity index is 1.21. The summed E-state index contributed by atoms with van der Waals surface area (Å²) in [4.78, 5) is 17.8. The third-order valence-electron chi connectivity index (χ3n) is 7.74. The first-order valence-corrected chi connectivity index (χ1v) is 12.7. The summed E-state index contributed by atoms with van der Waals surface area (Å²) in [7, 11) is 0. The van der Waals surface area contributed by atoms with Crippen LogP contribution in [0.15, 0.2) is 42.5 Å². The second kappa shape index (κ2) is 11.0. The van der Waals surface area contributed by atoms with Gasteiger partial charge in [-0.25, -0.2) is 0 Å². The molecule has 1 heterocycles. The van der Waals surface area contributed by atoms with Gasteiger partial charge in [0, 0.05) is 32.1 Å². The van der Waals surface area contributed by atoms with Crippen LogP contribution in [0.25, 0.3) is 0 Å². The Morgan fingerprint density at radius 3 is 2.58 bits per heavy atom. The summed E-state index contributed by atoms with van der Waals surface area (Å²) in [5.74, 6) is 1.08. The van der Waals surface area contributed by atoms with E-state index in [1.165, 1.54) is 29.5 Å². The van der Waals surface area contributed by atoms with Crippen molar-refractivity contribution in [2.75, 3.05) is 32.7 Å². The van der Waals surface area contributed by atoms with Gasteiger partial charge in [0.25, 0.3) is 0 Å². The highest BCUT2D eigenvalue weighted by Crippen LogP contribution is 2.28. The highest BCUT2D eigenvalue weighted by molar-refractivity contribution is 5.79. The quantitative estimate of drug-likeness (QED) is 0.599. The zero-order valence-corrected chi connectivity index (χ0v) is 20.2. The van der Waals surface area contributed by atoms with E-state index in [1.54, 1.807) is 0 Å². The third kappa shape index (κ3) is 5.65. The zero-order chi connectivity index (χ0) is 23.2. The van der Waals surface area contributed by atoms with Crippen molar-refractivity contribution in [2.45, 2.75) is 58.3 Å². The van der Waals surface area contributed by atoms with Gasteiger partial charge in [-0.2, -0.15) is 5.26 Å². The van der Waals surface area contributed by atoms with E-state index < -0.39 is 0 Å². The summed E-state index contributed by atoms with van der Waals surface area (Å²) in [6, 6.07) is 17.2. The molecule has 0 spiro atoms. The normalized spacial score (nSPS) is 19.5. The standard InChI is InChI=1S/C29H37N3O/c1-3-23(26-11-13-28(21-30)22(2)19-26)9-6-14-31-15-17-32(18-16-31)29(33)27-12-10-24-7-4-5-8-25(24)20-27/h4-5,7-8,11,13,19,23,27H,3,6,9-10,12,14-18,20H2,1-2H3. The van der Waals surface area contributed by atoms with Crippen LogP contribution in [0.1, 0.15) is 66.3 Å². The lowest BCUT2D eigenvalue weighted by atomic mass is 9.83. The highest BCUT2D eigenvalue weighted by atomic mass is 16.2. The lowest BCUT2D eigenvalue weighted by Gasteiger charge is -2.37. The summed E-state index contributed by atoms with van der Waals surface area (Å²) >= 11 is 0. The molecule has 2 aromatic carbocycles. The topological polar surface area (TPSA) is 47.3 Å². The SMILES string of the molecule is CCC(CCCN1CCN(C(=O)C2CCc3ccccc3C2)CC1)c1ccc(C#N)c(C)c1. The number of benzene rings is 2. The van der Waals surface area contributed by atoms with Crippen molar-refractivity contribution in [1.82, 2.24) is 9.80 Å². The van der Waals surface area contributed by atoms with E-state index in [1.807, 2.05) is 13.0 Å². The number of hydrogen-bond donors (Lipinski definition) is 0. The Hall–Kier alpha value is -2.64. The molecule has 1 aliphatic heterocycles. The molecule has 0 bridgehead atoms. The van der Waals surface area contributed by atoms with Crippen LogP contribution in [-0.2, 0) is 17.6 Å². The van der Waals surface area contributed by atoms with E-state index in [0.717, 1.165) is 69.5 Å². The fourth-order valence-electron chi connectivity index (χ4n) is 5.59. The molecule has 2 unspecified atom stereocenters. The van der Waals surface area contributed by atoms with Gasteiger partial charge in [-0.1, -0.05) is 43.3 Å². The van der Waals surface area contributed by atoms with Gasteiger partial charge in [-0.05, 0) is 86.2 Å². The van der Waals surface area contributed by atoms with Crippen LogP contribution < -0.4 is 0 Å². The maximum absolute atomic E-state index is 13.1. The monoisotopic (exact) mass is 443 g/mol. The molecule has 2 aliphatic rings. The van der Waals surface area contributed by atoms with Gasteiger partial charge >= 0.3 is 0 Å². The molecule has 4 nitrogen and oxygen atoms in total. The number of nitriles is 1. The van der Waals surface area contributed by atoms with Crippen molar-refractivity contribution < 1.29 is 4.79 Å². The molecule has 174 valence electrons. The Bertz CT molecular complexity index is 1000. The second-order valence-electron chi connectivity index (χ2n) is 9.81. The molecular weight excluding hydrogens is 406 g/mol. The zero-order valence-electron chi connectivity index (χ0n) is 20.2. The van der Waals surface area contributed by atoms with Crippen LogP contribution >= 0.6 is 0 Å². The van der Waals surface area contributed by atoms with Gasteiger partial charge < -0.3 is 4.90 Å². The smallest absolute Gasteiger partial charge is 0.226 e. The van der Waals surface area contributed by atoms with Crippen LogP contribution in [0.2, 0.25) is 0 Å². The molecule has 1 aliphatic carbocycles. The first-order valence-electron chi connectivity index (χ1n) is 12.7. The van der Waals surface area contributed by atoms with Crippen LogP contribution in [0.3, 0.4) is 0 Å². The molecule has 0 radical (unpaired) electrons. The molecule has 0 aromatic heterocycles. The number of amides is 1. The van der Waals surface area contributed by atoms with Gasteiger partial charge in [-0.15, -0.1) is 0 Å². The van der Waals surface area contributed by atoms with Crippen LogP contribution in [0, 0.1) is 24.2 Å². The van der Waals surface area contributed by atoms with Gasteiger partial charge in [0.15, 0.2) is 0 Å². The fourth-order valence-corrected chi connectivity index (χ4v) is 5.59. The minimum atomic E-state index is 0.160. The molecule has 2 atom stereocenters. The predicted molar refractivity (Wildman–Crippen MR) is 133 cm³/mol. The molecule has 33 heavy (non-hydrogen) atoms. The van der Waals surface area contributed by atoms with Gasteiger partial charge in [0.1, 0.15) is 0 Å². The van der Waals surface area contributed by atoms with E-state index in [0.29, 0.717) is 11.8 Å². The number of fused-ring (bicyclic) bond motifs is 1. The minimum Gasteiger partial charge on any atom is -0.340 e. The van der Waals surface area contributed by atoms with Crippen molar-refractivity contribution in [3.05, 3.63) is 70.3 Å². The van der Waals surface area contributed by atoms with Crippen molar-refractivity contribution in [3.63, 3.8) is 0 Å². The summed E-state index contributed by atoms with van der Waals surface area (Å²) in [6.45, 7) is 9.09. The minimum absolute atomic E-state index is 0.160.